The molecule has 1 aliphatic heterocycles. The third-order valence-electron chi connectivity index (χ3n) is 11.2. The highest BCUT2D eigenvalue weighted by Gasteiger charge is 2.26. The average molecular weight is 766 g/mol. The highest BCUT2D eigenvalue weighted by atomic mass is 32.1. The van der Waals surface area contributed by atoms with Crippen LogP contribution in [0.1, 0.15) is 22.9 Å². The van der Waals surface area contributed by atoms with E-state index >= 15 is 0 Å². The molecule has 6 heteroatoms. The maximum Gasteiger partial charge on any atom is 0.160 e. The summed E-state index contributed by atoms with van der Waals surface area (Å²) < 4.78 is 11.7. The molecule has 1 atom stereocenters. The van der Waals surface area contributed by atoms with Gasteiger partial charge in [-0.3, -0.25) is 0 Å². The molecular formula is C51H31N3OS2. The SMILES string of the molecule is c1ccc(-c2ccc(C3=NC(c4cc(-c5ccc6sc7ccccc7c6c5)cc5oc6ccccc6c45)=NC(c4cccc5c4sc4ccccc45)N3)cc2)cc1. The fourth-order valence-corrected chi connectivity index (χ4v) is 10.7. The molecule has 0 aliphatic carbocycles. The normalized spacial score (nSPS) is 14.5. The number of nitrogens with zero attached hydrogens (tertiary/aromatic N) is 2. The summed E-state index contributed by atoms with van der Waals surface area (Å²) in [7, 11) is 0. The van der Waals surface area contributed by atoms with E-state index in [1.165, 1.54) is 45.9 Å². The van der Waals surface area contributed by atoms with Gasteiger partial charge in [0.05, 0.1) is 0 Å². The van der Waals surface area contributed by atoms with Crippen LogP contribution in [-0.2, 0) is 0 Å². The Bertz CT molecular complexity index is 3440. The molecular weight excluding hydrogens is 735 g/mol. The summed E-state index contributed by atoms with van der Waals surface area (Å²) in [6.45, 7) is 0. The molecule has 0 fully saturated rings. The minimum atomic E-state index is -0.386. The summed E-state index contributed by atoms with van der Waals surface area (Å²) in [5.74, 6) is 1.44. The second-order valence-electron chi connectivity index (χ2n) is 14.5. The van der Waals surface area contributed by atoms with Crippen LogP contribution < -0.4 is 5.32 Å². The summed E-state index contributed by atoms with van der Waals surface area (Å²) in [4.78, 5) is 10.9. The van der Waals surface area contributed by atoms with E-state index in [1.54, 1.807) is 0 Å². The Labute approximate surface area is 335 Å². The summed E-state index contributed by atoms with van der Waals surface area (Å²) in [6.07, 6.45) is -0.386. The minimum absolute atomic E-state index is 0.386. The average Bonchev–Trinajstić information content (AvgIpc) is 3.97. The number of amidine groups is 2. The molecule has 12 rings (SSSR count). The van der Waals surface area contributed by atoms with Gasteiger partial charge >= 0.3 is 0 Å². The van der Waals surface area contributed by atoms with Crippen molar-refractivity contribution >= 4 is 96.6 Å². The lowest BCUT2D eigenvalue weighted by Gasteiger charge is -2.24. The van der Waals surface area contributed by atoms with E-state index in [4.69, 9.17) is 14.4 Å². The Kier molecular flexibility index (Phi) is 7.30. The Balaban J connectivity index is 1.08. The molecule has 57 heavy (non-hydrogen) atoms. The van der Waals surface area contributed by atoms with Gasteiger partial charge in [0.15, 0.2) is 5.84 Å². The molecule has 4 nitrogen and oxygen atoms in total. The molecule has 0 radical (unpaired) electrons. The molecule has 268 valence electrons. The van der Waals surface area contributed by atoms with Crippen LogP contribution in [0, 0.1) is 0 Å². The highest BCUT2D eigenvalue weighted by Crippen LogP contribution is 2.42. The summed E-state index contributed by atoms with van der Waals surface area (Å²) in [5, 5.41) is 10.9. The van der Waals surface area contributed by atoms with Gasteiger partial charge in [-0.2, -0.15) is 0 Å². The van der Waals surface area contributed by atoms with Gasteiger partial charge in [-0.1, -0.05) is 133 Å². The third kappa shape index (κ3) is 5.33. The third-order valence-corrected chi connectivity index (χ3v) is 13.6. The van der Waals surface area contributed by atoms with E-state index in [9.17, 15) is 0 Å². The fraction of sp³-hybridized carbons (Fsp3) is 0.0196. The molecule has 3 aromatic heterocycles. The topological polar surface area (TPSA) is 49.9 Å². The minimum Gasteiger partial charge on any atom is -0.456 e. The first-order chi connectivity index (χ1) is 28.2. The number of aliphatic imine (C=N–C) groups is 2. The fourth-order valence-electron chi connectivity index (χ4n) is 8.41. The van der Waals surface area contributed by atoms with Crippen LogP contribution in [0.2, 0.25) is 0 Å². The van der Waals surface area contributed by atoms with Gasteiger partial charge in [0.1, 0.15) is 23.2 Å². The molecule has 1 unspecified atom stereocenters. The van der Waals surface area contributed by atoms with E-state index in [-0.39, 0.29) is 6.17 Å². The first-order valence-electron chi connectivity index (χ1n) is 19.1. The van der Waals surface area contributed by atoms with Gasteiger partial charge in [0, 0.05) is 67.8 Å². The summed E-state index contributed by atoms with van der Waals surface area (Å²) in [6, 6.07) is 62.6. The molecule has 0 amide bonds. The van der Waals surface area contributed by atoms with Crippen LogP contribution in [0.5, 0.6) is 0 Å². The molecule has 1 aliphatic rings. The number of nitrogens with one attached hydrogen (secondary N) is 1. The van der Waals surface area contributed by atoms with Crippen LogP contribution in [0.25, 0.3) is 84.5 Å². The first kappa shape index (κ1) is 32.4. The number of hydrogen-bond donors (Lipinski definition) is 1. The van der Waals surface area contributed by atoms with Crippen LogP contribution >= 0.6 is 22.7 Å². The molecule has 0 saturated heterocycles. The van der Waals surface area contributed by atoms with Gasteiger partial charge in [-0.15, -0.1) is 22.7 Å². The predicted molar refractivity (Wildman–Crippen MR) is 242 cm³/mol. The maximum atomic E-state index is 6.64. The zero-order valence-corrected chi connectivity index (χ0v) is 32.1. The zero-order valence-electron chi connectivity index (χ0n) is 30.4. The number of hydrogen-bond acceptors (Lipinski definition) is 6. The van der Waals surface area contributed by atoms with Crippen LogP contribution in [-0.4, -0.2) is 11.7 Å². The highest BCUT2D eigenvalue weighted by molar-refractivity contribution is 7.26. The van der Waals surface area contributed by atoms with Crippen molar-refractivity contribution in [3.05, 3.63) is 193 Å². The van der Waals surface area contributed by atoms with Crippen molar-refractivity contribution in [1.82, 2.24) is 5.32 Å². The largest absolute Gasteiger partial charge is 0.456 e. The molecule has 0 bridgehead atoms. The number of rotatable bonds is 5. The molecule has 1 N–H and O–H groups in total. The van der Waals surface area contributed by atoms with Gasteiger partial charge in [-0.25, -0.2) is 9.98 Å². The summed E-state index contributed by atoms with van der Waals surface area (Å²) in [5.41, 5.74) is 9.23. The van der Waals surface area contributed by atoms with E-state index in [0.717, 1.165) is 61.2 Å². The van der Waals surface area contributed by atoms with Crippen molar-refractivity contribution in [3.8, 4) is 22.3 Å². The smallest absolute Gasteiger partial charge is 0.160 e. The molecule has 0 spiro atoms. The molecule has 8 aromatic carbocycles. The Morgan fingerprint density at radius 1 is 0.456 bits per heavy atom. The van der Waals surface area contributed by atoms with E-state index in [0.29, 0.717) is 5.84 Å². The van der Waals surface area contributed by atoms with Crippen LogP contribution in [0.4, 0.5) is 0 Å². The molecule has 0 saturated carbocycles. The summed E-state index contributed by atoms with van der Waals surface area (Å²) >= 11 is 3.65. The van der Waals surface area contributed by atoms with Gasteiger partial charge in [0.2, 0.25) is 0 Å². The molecule has 4 heterocycles. The quantitative estimate of drug-likeness (QED) is 0.190. The monoisotopic (exact) mass is 765 g/mol. The van der Waals surface area contributed by atoms with Crippen molar-refractivity contribution in [2.75, 3.05) is 0 Å². The van der Waals surface area contributed by atoms with Crippen LogP contribution in [0.15, 0.2) is 190 Å². The van der Waals surface area contributed by atoms with Crippen LogP contribution in [0.3, 0.4) is 0 Å². The Hall–Kier alpha value is -6.86. The number of benzene rings is 8. The van der Waals surface area contributed by atoms with Crippen molar-refractivity contribution < 1.29 is 4.42 Å². The predicted octanol–water partition coefficient (Wildman–Crippen LogP) is 14.2. The van der Waals surface area contributed by atoms with Crippen molar-refractivity contribution in [2.24, 2.45) is 9.98 Å². The van der Waals surface area contributed by atoms with Gasteiger partial charge < -0.3 is 9.73 Å². The van der Waals surface area contributed by atoms with Crippen molar-refractivity contribution in [3.63, 3.8) is 0 Å². The number of furan rings is 1. The lowest BCUT2D eigenvalue weighted by molar-refractivity contribution is 0.668. The lowest BCUT2D eigenvalue weighted by atomic mass is 9.96. The standard InChI is InChI=1S/C51H31N3OS2/c1-2-11-30(12-3-1)31-21-23-32(24-22-31)49-52-50(39-17-10-16-37-35-13-5-9-20-45(35)57-48(37)39)54-51(53-49)41-28-34(29-43-47(41)38-15-4-7-18-42(38)55-43)33-25-26-46-40(27-33)36-14-6-8-19-44(36)56-46/h1-29,50H,(H,52,53,54). The zero-order chi connectivity index (χ0) is 37.5. The second kappa shape index (κ2) is 12.8. The number of fused-ring (bicyclic) bond motifs is 9. The number of thiophene rings is 2. The van der Waals surface area contributed by atoms with Crippen molar-refractivity contribution in [1.29, 1.82) is 0 Å². The first-order valence-corrected chi connectivity index (χ1v) is 20.7. The Morgan fingerprint density at radius 2 is 1.11 bits per heavy atom. The lowest BCUT2D eigenvalue weighted by Crippen LogP contribution is -2.33. The van der Waals surface area contributed by atoms with Crippen molar-refractivity contribution in [2.45, 2.75) is 6.17 Å². The number of para-hydroxylation sites is 1. The van der Waals surface area contributed by atoms with E-state index in [1.807, 2.05) is 40.9 Å². The van der Waals surface area contributed by atoms with E-state index in [2.05, 4.69) is 163 Å². The van der Waals surface area contributed by atoms with E-state index < -0.39 is 0 Å². The van der Waals surface area contributed by atoms with Gasteiger partial charge in [0.25, 0.3) is 0 Å². The second-order valence-corrected chi connectivity index (χ2v) is 16.7. The molecule has 11 aromatic rings. The Morgan fingerprint density at radius 3 is 1.95 bits per heavy atom. The van der Waals surface area contributed by atoms with Gasteiger partial charge in [-0.05, 0) is 64.7 Å². The maximum absolute atomic E-state index is 6.64.